The van der Waals surface area contributed by atoms with Crippen LogP contribution in [0, 0.1) is 0 Å². The van der Waals surface area contributed by atoms with E-state index in [9.17, 15) is 22.8 Å². The highest BCUT2D eigenvalue weighted by atomic mass is 32.2. The highest BCUT2D eigenvalue weighted by molar-refractivity contribution is 8.18. The monoisotopic (exact) mass is 505 g/mol. The second kappa shape index (κ2) is 11.2. The van der Waals surface area contributed by atoms with Crippen molar-refractivity contribution < 1.29 is 36.5 Å². The molecule has 0 aromatic heterocycles. The van der Waals surface area contributed by atoms with E-state index >= 15 is 0 Å². The minimum Gasteiger partial charge on any atom is -0.493 e. The van der Waals surface area contributed by atoms with E-state index in [0.717, 1.165) is 11.3 Å². The standard InChI is InChI=1S/C23H23NO8S2/c1-3-4-12-31-21(25)15-24-22(26)20(33-23(24)27)14-16-10-11-18(19(13-16)30-2)32-34(28,29)17-8-6-5-7-9-17/h5-11,13-14H,3-4,12,15H2,1-2H3/b20-14-. The summed E-state index contributed by atoms with van der Waals surface area (Å²) in [4.78, 5) is 37.7. The maximum Gasteiger partial charge on any atom is 0.339 e. The van der Waals surface area contributed by atoms with Crippen LogP contribution in [0.25, 0.3) is 6.08 Å². The normalized spacial score (nSPS) is 15.0. The predicted octanol–water partition coefficient (Wildman–Crippen LogP) is 3.84. The molecule has 0 bridgehead atoms. The Labute approximate surface area is 201 Å². The highest BCUT2D eigenvalue weighted by Crippen LogP contribution is 2.35. The van der Waals surface area contributed by atoms with Gasteiger partial charge in [0.15, 0.2) is 11.5 Å². The Hall–Kier alpha value is -3.31. The molecule has 0 spiro atoms. The van der Waals surface area contributed by atoms with Crippen molar-refractivity contribution in [2.75, 3.05) is 20.3 Å². The lowest BCUT2D eigenvalue weighted by Crippen LogP contribution is -2.34. The molecule has 1 aliphatic rings. The van der Waals surface area contributed by atoms with Crippen molar-refractivity contribution >= 4 is 45.1 Å². The molecule has 0 saturated carbocycles. The van der Waals surface area contributed by atoms with E-state index in [4.69, 9.17) is 13.7 Å². The van der Waals surface area contributed by atoms with Crippen molar-refractivity contribution in [2.24, 2.45) is 0 Å². The molecule has 0 atom stereocenters. The number of benzene rings is 2. The molecular formula is C23H23NO8S2. The van der Waals surface area contributed by atoms with Gasteiger partial charge in [0.25, 0.3) is 11.1 Å². The van der Waals surface area contributed by atoms with Crippen LogP contribution in [-0.4, -0.2) is 50.7 Å². The summed E-state index contributed by atoms with van der Waals surface area (Å²) in [5.74, 6) is -1.19. The minimum atomic E-state index is -4.07. The number of unbranched alkanes of at least 4 members (excludes halogenated alkanes) is 1. The average molecular weight is 506 g/mol. The minimum absolute atomic E-state index is 0.0111. The number of carbonyl (C=O) groups is 3. The fourth-order valence-corrected chi connectivity index (χ4v) is 4.69. The molecule has 0 unspecified atom stereocenters. The third kappa shape index (κ3) is 6.17. The average Bonchev–Trinajstić information content (AvgIpc) is 3.08. The fourth-order valence-electron chi connectivity index (χ4n) is 2.89. The smallest absolute Gasteiger partial charge is 0.339 e. The van der Waals surface area contributed by atoms with Crippen LogP contribution >= 0.6 is 11.8 Å². The number of hydrogen-bond acceptors (Lipinski definition) is 9. The Bertz CT molecular complexity index is 1210. The van der Waals surface area contributed by atoms with Gasteiger partial charge in [-0.25, -0.2) is 0 Å². The molecule has 34 heavy (non-hydrogen) atoms. The Morgan fingerprint density at radius 1 is 1.09 bits per heavy atom. The lowest BCUT2D eigenvalue weighted by molar-refractivity contribution is -0.146. The summed E-state index contributed by atoms with van der Waals surface area (Å²) in [6, 6.07) is 12.0. The zero-order valence-electron chi connectivity index (χ0n) is 18.6. The maximum atomic E-state index is 12.6. The molecule has 0 radical (unpaired) electrons. The van der Waals surface area contributed by atoms with Crippen LogP contribution in [0.2, 0.25) is 0 Å². The fraction of sp³-hybridized carbons (Fsp3) is 0.261. The van der Waals surface area contributed by atoms with Gasteiger partial charge >= 0.3 is 16.1 Å². The molecule has 0 N–H and O–H groups in total. The quantitative estimate of drug-likeness (QED) is 0.205. The zero-order valence-corrected chi connectivity index (χ0v) is 20.2. The molecule has 2 aromatic rings. The largest absolute Gasteiger partial charge is 0.493 e. The van der Waals surface area contributed by atoms with Gasteiger partial charge in [-0.15, -0.1) is 0 Å². The van der Waals surface area contributed by atoms with Crippen LogP contribution in [-0.2, 0) is 24.4 Å². The number of hydrogen-bond donors (Lipinski definition) is 0. The third-order valence-corrected chi connectivity index (χ3v) is 6.79. The first-order chi connectivity index (χ1) is 16.2. The van der Waals surface area contributed by atoms with Crippen LogP contribution in [0.3, 0.4) is 0 Å². The summed E-state index contributed by atoms with van der Waals surface area (Å²) in [5.41, 5.74) is 0.470. The molecule has 3 rings (SSSR count). The van der Waals surface area contributed by atoms with E-state index in [0.29, 0.717) is 23.7 Å². The van der Waals surface area contributed by atoms with Crippen molar-refractivity contribution in [3.63, 3.8) is 0 Å². The van der Waals surface area contributed by atoms with Crippen LogP contribution in [0.1, 0.15) is 25.3 Å². The SMILES string of the molecule is CCCCOC(=O)CN1C(=O)S/C(=C\c2ccc(OS(=O)(=O)c3ccccc3)c(OC)c2)C1=O. The van der Waals surface area contributed by atoms with E-state index < -0.39 is 33.8 Å². The molecule has 1 saturated heterocycles. The summed E-state index contributed by atoms with van der Waals surface area (Å²) >= 11 is 0.695. The van der Waals surface area contributed by atoms with Crippen molar-refractivity contribution in [2.45, 2.75) is 24.7 Å². The van der Waals surface area contributed by atoms with Gasteiger partial charge in [-0.3, -0.25) is 19.3 Å². The second-order valence-electron chi connectivity index (χ2n) is 7.10. The van der Waals surface area contributed by atoms with Gasteiger partial charge in [-0.2, -0.15) is 8.42 Å². The molecule has 9 nitrogen and oxygen atoms in total. The van der Waals surface area contributed by atoms with Crippen molar-refractivity contribution in [1.82, 2.24) is 4.90 Å². The number of ether oxygens (including phenoxy) is 2. The first-order valence-corrected chi connectivity index (χ1v) is 12.6. The number of thioether (sulfide) groups is 1. The first kappa shape index (κ1) is 25.3. The number of rotatable bonds is 10. The van der Waals surface area contributed by atoms with E-state index in [1.807, 2.05) is 6.92 Å². The van der Waals surface area contributed by atoms with Crippen LogP contribution in [0.5, 0.6) is 11.5 Å². The van der Waals surface area contributed by atoms with Gasteiger partial charge < -0.3 is 13.7 Å². The van der Waals surface area contributed by atoms with Gasteiger partial charge in [0, 0.05) is 0 Å². The van der Waals surface area contributed by atoms with Crippen molar-refractivity contribution in [3.05, 3.63) is 59.0 Å². The predicted molar refractivity (Wildman–Crippen MR) is 126 cm³/mol. The van der Waals surface area contributed by atoms with E-state index in [2.05, 4.69) is 0 Å². The molecule has 0 aliphatic carbocycles. The van der Waals surface area contributed by atoms with Crippen LogP contribution in [0.4, 0.5) is 4.79 Å². The Morgan fingerprint density at radius 3 is 2.50 bits per heavy atom. The lowest BCUT2D eigenvalue weighted by Gasteiger charge is -2.12. The first-order valence-electron chi connectivity index (χ1n) is 10.3. The molecule has 1 heterocycles. The van der Waals surface area contributed by atoms with Crippen molar-refractivity contribution in [1.29, 1.82) is 0 Å². The van der Waals surface area contributed by atoms with E-state index in [1.165, 1.54) is 43.5 Å². The molecule has 2 aromatic carbocycles. The van der Waals surface area contributed by atoms with Gasteiger partial charge in [-0.05, 0) is 54.1 Å². The second-order valence-corrected chi connectivity index (χ2v) is 9.64. The lowest BCUT2D eigenvalue weighted by atomic mass is 10.2. The molecule has 1 aliphatic heterocycles. The summed E-state index contributed by atoms with van der Waals surface area (Å²) in [5, 5.41) is -0.579. The summed E-state index contributed by atoms with van der Waals surface area (Å²) in [7, 11) is -2.73. The highest BCUT2D eigenvalue weighted by Gasteiger charge is 2.36. The third-order valence-electron chi connectivity index (χ3n) is 4.64. The van der Waals surface area contributed by atoms with Gasteiger partial charge in [0.1, 0.15) is 11.4 Å². The molecule has 2 amide bonds. The summed E-state index contributed by atoms with van der Waals surface area (Å²) in [6.45, 7) is 1.72. The van der Waals surface area contributed by atoms with Crippen molar-refractivity contribution in [3.8, 4) is 11.5 Å². The Kier molecular flexibility index (Phi) is 8.35. The van der Waals surface area contributed by atoms with Gasteiger partial charge in [-0.1, -0.05) is 37.6 Å². The molecule has 180 valence electrons. The maximum absolute atomic E-state index is 12.6. The van der Waals surface area contributed by atoms with Gasteiger partial charge in [0.2, 0.25) is 0 Å². The number of nitrogens with zero attached hydrogens (tertiary/aromatic N) is 1. The molecule has 1 fully saturated rings. The van der Waals surface area contributed by atoms with Crippen LogP contribution < -0.4 is 8.92 Å². The number of imide groups is 1. The van der Waals surface area contributed by atoms with Gasteiger partial charge in [0.05, 0.1) is 18.6 Å². The molecule has 11 heteroatoms. The number of esters is 1. The topological polar surface area (TPSA) is 116 Å². The number of carbonyl (C=O) groups excluding carboxylic acids is 3. The molecular weight excluding hydrogens is 482 g/mol. The number of methoxy groups -OCH3 is 1. The van der Waals surface area contributed by atoms with E-state index in [-0.39, 0.29) is 27.9 Å². The van der Waals surface area contributed by atoms with E-state index in [1.54, 1.807) is 18.2 Å². The zero-order chi connectivity index (χ0) is 24.7. The summed E-state index contributed by atoms with van der Waals surface area (Å²) < 4.78 is 40.5. The van der Waals surface area contributed by atoms with Crippen LogP contribution in [0.15, 0.2) is 58.3 Å². The Balaban J connectivity index is 1.75. The Morgan fingerprint density at radius 2 is 1.82 bits per heavy atom. The number of amides is 2. The summed E-state index contributed by atoms with van der Waals surface area (Å²) in [6.07, 6.45) is 3.00.